The van der Waals surface area contributed by atoms with Gasteiger partial charge in [0.25, 0.3) is 0 Å². The molecule has 1 aliphatic heterocycles. The molecule has 1 fully saturated rings. The summed E-state index contributed by atoms with van der Waals surface area (Å²) in [6.45, 7) is 4.99. The molecule has 1 unspecified atom stereocenters. The molecule has 0 radical (unpaired) electrons. The first-order chi connectivity index (χ1) is 15.8. The van der Waals surface area contributed by atoms with Crippen LogP contribution in [0.25, 0.3) is 0 Å². The van der Waals surface area contributed by atoms with Crippen LogP contribution in [0.2, 0.25) is 5.02 Å². The number of methoxy groups -OCH3 is 2. The maximum atomic E-state index is 13.2. The number of aliphatic imine (C=N–C) groups is 1. The second kappa shape index (κ2) is 11.5. The molecule has 1 heterocycles. The number of nitrogens with zero attached hydrogens (tertiary/aromatic N) is 2. The normalized spacial score (nSPS) is 17.0. The lowest BCUT2D eigenvalue weighted by Gasteiger charge is -2.17. The average Bonchev–Trinajstić information content (AvgIpc) is 3.05. The van der Waals surface area contributed by atoms with Gasteiger partial charge in [0, 0.05) is 31.7 Å². The maximum absolute atomic E-state index is 13.2. The summed E-state index contributed by atoms with van der Waals surface area (Å²) in [6, 6.07) is 10.9. The lowest BCUT2D eigenvalue weighted by molar-refractivity contribution is -0.128. The fraction of sp³-hybridized carbons (Fsp3) is 0.375. The van der Waals surface area contributed by atoms with E-state index in [-0.39, 0.29) is 18.2 Å². The molecule has 0 saturated carbocycles. The van der Waals surface area contributed by atoms with Gasteiger partial charge in [-0.1, -0.05) is 41.6 Å². The van der Waals surface area contributed by atoms with Crippen molar-refractivity contribution in [1.29, 1.82) is 0 Å². The Morgan fingerprint density at radius 3 is 2.61 bits per heavy atom. The van der Waals surface area contributed by atoms with Gasteiger partial charge in [-0.2, -0.15) is 0 Å². The van der Waals surface area contributed by atoms with E-state index in [9.17, 15) is 9.59 Å². The number of halogens is 1. The minimum atomic E-state index is -0.569. The summed E-state index contributed by atoms with van der Waals surface area (Å²) in [6.07, 6.45) is 0.679. The zero-order valence-electron chi connectivity index (χ0n) is 19.2. The number of para-hydroxylation sites is 1. The second-order valence-electron chi connectivity index (χ2n) is 7.67. The zero-order chi connectivity index (χ0) is 24.0. The number of nitrogens with one attached hydrogen (secondary N) is 1. The Hall–Kier alpha value is -2.55. The molecule has 2 aromatic rings. The number of hydrogen-bond acceptors (Lipinski definition) is 6. The lowest BCUT2D eigenvalue weighted by atomic mass is 10.1. The quantitative estimate of drug-likeness (QED) is 0.503. The van der Waals surface area contributed by atoms with Crippen molar-refractivity contribution < 1.29 is 19.1 Å². The number of rotatable bonds is 9. The SMILES string of the molecule is COCCCN1C(=O)C(CC(=O)Nc2cc(Cl)ccc2OC)SC1=Nc1c(C)cccc1C. The highest BCUT2D eigenvalue weighted by molar-refractivity contribution is 8.15. The van der Waals surface area contributed by atoms with Gasteiger partial charge in [0.05, 0.1) is 18.5 Å². The first-order valence-corrected chi connectivity index (χ1v) is 11.8. The van der Waals surface area contributed by atoms with Crippen LogP contribution in [-0.4, -0.2) is 54.5 Å². The fourth-order valence-electron chi connectivity index (χ4n) is 3.52. The van der Waals surface area contributed by atoms with Crippen LogP contribution in [0.15, 0.2) is 41.4 Å². The molecule has 1 N–H and O–H groups in total. The third-order valence-electron chi connectivity index (χ3n) is 5.20. The maximum Gasteiger partial charge on any atom is 0.242 e. The largest absolute Gasteiger partial charge is 0.495 e. The van der Waals surface area contributed by atoms with E-state index in [1.165, 1.54) is 18.9 Å². The van der Waals surface area contributed by atoms with Crippen LogP contribution in [0, 0.1) is 13.8 Å². The summed E-state index contributed by atoms with van der Waals surface area (Å²) in [5.74, 6) is 0.0671. The number of amides is 2. The van der Waals surface area contributed by atoms with Gasteiger partial charge in [0.2, 0.25) is 11.8 Å². The molecule has 1 saturated heterocycles. The minimum absolute atomic E-state index is 0.00567. The molecule has 33 heavy (non-hydrogen) atoms. The first-order valence-electron chi connectivity index (χ1n) is 10.6. The fourth-order valence-corrected chi connectivity index (χ4v) is 4.86. The molecule has 0 spiro atoms. The third-order valence-corrected chi connectivity index (χ3v) is 6.61. The number of amidine groups is 1. The number of thioether (sulfide) groups is 1. The second-order valence-corrected chi connectivity index (χ2v) is 9.28. The monoisotopic (exact) mass is 489 g/mol. The predicted molar refractivity (Wildman–Crippen MR) is 134 cm³/mol. The highest BCUT2D eigenvalue weighted by atomic mass is 35.5. The number of benzene rings is 2. The van der Waals surface area contributed by atoms with Gasteiger partial charge in [0.1, 0.15) is 11.0 Å². The Morgan fingerprint density at radius 2 is 1.94 bits per heavy atom. The molecule has 9 heteroatoms. The number of carbonyl (C=O) groups excluding carboxylic acids is 2. The Bertz CT molecular complexity index is 1040. The smallest absolute Gasteiger partial charge is 0.242 e. The van der Waals surface area contributed by atoms with Crippen molar-refractivity contribution in [3.8, 4) is 5.75 Å². The molecule has 1 atom stereocenters. The molecule has 176 valence electrons. The molecule has 3 rings (SSSR count). The van der Waals surface area contributed by atoms with E-state index in [0.29, 0.717) is 41.2 Å². The van der Waals surface area contributed by atoms with Crippen molar-refractivity contribution in [2.24, 2.45) is 4.99 Å². The Balaban J connectivity index is 1.80. The van der Waals surface area contributed by atoms with E-state index in [1.54, 1.807) is 30.2 Å². The van der Waals surface area contributed by atoms with Gasteiger partial charge in [-0.25, -0.2) is 4.99 Å². The number of ether oxygens (including phenoxy) is 2. The lowest BCUT2D eigenvalue weighted by Crippen LogP contribution is -2.34. The molecule has 0 aliphatic carbocycles. The summed E-state index contributed by atoms with van der Waals surface area (Å²) in [4.78, 5) is 32.5. The van der Waals surface area contributed by atoms with E-state index < -0.39 is 5.25 Å². The molecule has 7 nitrogen and oxygen atoms in total. The van der Waals surface area contributed by atoms with E-state index >= 15 is 0 Å². The van der Waals surface area contributed by atoms with Crippen molar-refractivity contribution in [3.63, 3.8) is 0 Å². The van der Waals surface area contributed by atoms with Crippen molar-refractivity contribution >= 4 is 51.7 Å². The van der Waals surface area contributed by atoms with Crippen molar-refractivity contribution in [3.05, 3.63) is 52.5 Å². The van der Waals surface area contributed by atoms with Crippen LogP contribution in [-0.2, 0) is 14.3 Å². The molecule has 2 aromatic carbocycles. The molecular weight excluding hydrogens is 462 g/mol. The summed E-state index contributed by atoms with van der Waals surface area (Å²) >= 11 is 7.37. The van der Waals surface area contributed by atoms with Gasteiger partial charge in [0.15, 0.2) is 5.17 Å². The highest BCUT2D eigenvalue weighted by Crippen LogP contribution is 2.34. The number of aryl methyl sites for hydroxylation is 2. The van der Waals surface area contributed by atoms with Crippen LogP contribution < -0.4 is 10.1 Å². The minimum Gasteiger partial charge on any atom is -0.495 e. The van der Waals surface area contributed by atoms with Crippen LogP contribution in [0.1, 0.15) is 24.0 Å². The Labute approximate surface area is 203 Å². The van der Waals surface area contributed by atoms with Crippen LogP contribution in [0.4, 0.5) is 11.4 Å². The number of carbonyl (C=O) groups is 2. The molecule has 1 aliphatic rings. The third kappa shape index (κ3) is 6.28. The summed E-state index contributed by atoms with van der Waals surface area (Å²) < 4.78 is 10.4. The molecule has 0 aromatic heterocycles. The van der Waals surface area contributed by atoms with E-state index in [1.807, 2.05) is 32.0 Å². The number of anilines is 1. The molecular formula is C24H28ClN3O4S. The summed E-state index contributed by atoms with van der Waals surface area (Å²) in [7, 11) is 3.15. The van der Waals surface area contributed by atoms with Gasteiger partial charge < -0.3 is 14.8 Å². The first kappa shape index (κ1) is 25.1. The van der Waals surface area contributed by atoms with E-state index in [0.717, 1.165) is 16.8 Å². The van der Waals surface area contributed by atoms with Crippen LogP contribution in [0.3, 0.4) is 0 Å². The van der Waals surface area contributed by atoms with E-state index in [2.05, 4.69) is 5.32 Å². The van der Waals surface area contributed by atoms with Crippen molar-refractivity contribution in [2.45, 2.75) is 31.9 Å². The average molecular weight is 490 g/mol. The Kier molecular flexibility index (Phi) is 8.77. The molecule has 2 amide bonds. The number of hydrogen-bond donors (Lipinski definition) is 1. The summed E-state index contributed by atoms with van der Waals surface area (Å²) in [5.41, 5.74) is 3.37. The summed E-state index contributed by atoms with van der Waals surface area (Å²) in [5, 5.41) is 3.32. The van der Waals surface area contributed by atoms with Crippen LogP contribution >= 0.6 is 23.4 Å². The van der Waals surface area contributed by atoms with Gasteiger partial charge in [-0.3, -0.25) is 14.5 Å². The molecule has 0 bridgehead atoms. The van der Waals surface area contributed by atoms with Gasteiger partial charge in [-0.15, -0.1) is 0 Å². The van der Waals surface area contributed by atoms with E-state index in [4.69, 9.17) is 26.1 Å². The van der Waals surface area contributed by atoms with Crippen LogP contribution in [0.5, 0.6) is 5.75 Å². The predicted octanol–water partition coefficient (Wildman–Crippen LogP) is 4.96. The van der Waals surface area contributed by atoms with Gasteiger partial charge in [-0.05, 0) is 49.6 Å². The zero-order valence-corrected chi connectivity index (χ0v) is 20.8. The standard InChI is InChI=1S/C24H28ClN3O4S/c1-15-7-5-8-16(2)22(15)27-24-28(11-6-12-31-3)23(30)20(33-24)14-21(29)26-18-13-17(25)9-10-19(18)32-4/h5,7-10,13,20H,6,11-12,14H2,1-4H3,(H,26,29). The Morgan fingerprint density at radius 1 is 1.21 bits per heavy atom. The van der Waals surface area contributed by atoms with Crippen molar-refractivity contribution in [1.82, 2.24) is 4.90 Å². The van der Waals surface area contributed by atoms with Gasteiger partial charge >= 0.3 is 0 Å². The van der Waals surface area contributed by atoms with Crippen molar-refractivity contribution in [2.75, 3.05) is 32.7 Å². The topological polar surface area (TPSA) is 80.2 Å². The highest BCUT2D eigenvalue weighted by Gasteiger charge is 2.39.